The molecule has 0 bridgehead atoms. The summed E-state index contributed by atoms with van der Waals surface area (Å²) in [6.45, 7) is 3.06. The Morgan fingerprint density at radius 2 is 1.85 bits per heavy atom. The van der Waals surface area contributed by atoms with Crippen LogP contribution in [0.25, 0.3) is 0 Å². The highest BCUT2D eigenvalue weighted by Gasteiger charge is 2.17. The van der Waals surface area contributed by atoms with Gasteiger partial charge in [-0.05, 0) is 12.8 Å². The van der Waals surface area contributed by atoms with Gasteiger partial charge in [0.05, 0.1) is 11.4 Å². The minimum atomic E-state index is -3.07. The maximum atomic E-state index is 13.5. The number of halogens is 3. The van der Waals surface area contributed by atoms with Crippen LogP contribution in [0.3, 0.4) is 0 Å². The number of nitrogen functional groups attached to an aromatic ring is 1. The summed E-state index contributed by atoms with van der Waals surface area (Å²) >= 11 is 0. The molecule has 20 heavy (non-hydrogen) atoms. The molecule has 0 amide bonds. The maximum absolute atomic E-state index is 13.5. The molecule has 0 spiro atoms. The van der Waals surface area contributed by atoms with Gasteiger partial charge in [0.15, 0.2) is 11.6 Å². The highest BCUT2D eigenvalue weighted by molar-refractivity contribution is 5.69. The predicted octanol–water partition coefficient (Wildman–Crippen LogP) is 4.25. The molecule has 0 saturated heterocycles. The second kappa shape index (κ2) is 7.26. The lowest BCUT2D eigenvalue weighted by Gasteiger charge is -2.24. The van der Waals surface area contributed by atoms with Crippen molar-refractivity contribution in [2.75, 3.05) is 11.1 Å². The van der Waals surface area contributed by atoms with E-state index in [0.717, 1.165) is 18.9 Å². The lowest BCUT2D eigenvalue weighted by molar-refractivity contribution is -0.0521. The molecule has 0 aliphatic heterocycles. The molecule has 3 nitrogen and oxygen atoms in total. The standard InChI is InChI=1S/C14H21F3N2O/c1-4-9(5-2)8(3)19-12-7-13(20-14(16)17)10(15)6-11(12)18/h6-9,14,19H,4-5,18H2,1-3H3. The Balaban J connectivity index is 2.94. The van der Waals surface area contributed by atoms with Crippen molar-refractivity contribution in [1.82, 2.24) is 0 Å². The van der Waals surface area contributed by atoms with Crippen LogP contribution in [0.1, 0.15) is 33.6 Å². The van der Waals surface area contributed by atoms with Crippen LogP contribution in [0.4, 0.5) is 24.5 Å². The Hall–Kier alpha value is -1.59. The van der Waals surface area contributed by atoms with Gasteiger partial charge in [-0.1, -0.05) is 26.7 Å². The summed E-state index contributed by atoms with van der Waals surface area (Å²) in [6.07, 6.45) is 1.96. The van der Waals surface area contributed by atoms with Crippen molar-refractivity contribution < 1.29 is 17.9 Å². The first-order valence-electron chi connectivity index (χ1n) is 6.69. The van der Waals surface area contributed by atoms with E-state index in [2.05, 4.69) is 23.9 Å². The number of ether oxygens (including phenoxy) is 1. The van der Waals surface area contributed by atoms with Gasteiger partial charge in [0.2, 0.25) is 0 Å². The van der Waals surface area contributed by atoms with Crippen LogP contribution in [0, 0.1) is 11.7 Å². The third-order valence-corrected chi connectivity index (χ3v) is 3.46. The van der Waals surface area contributed by atoms with Gasteiger partial charge in [0.25, 0.3) is 0 Å². The van der Waals surface area contributed by atoms with Crippen molar-refractivity contribution in [3.63, 3.8) is 0 Å². The molecular weight excluding hydrogens is 269 g/mol. The average Bonchev–Trinajstić information content (AvgIpc) is 2.36. The number of alkyl halides is 2. The van der Waals surface area contributed by atoms with Crippen LogP contribution in [0.5, 0.6) is 5.75 Å². The third-order valence-electron chi connectivity index (χ3n) is 3.46. The minimum Gasteiger partial charge on any atom is -0.432 e. The summed E-state index contributed by atoms with van der Waals surface area (Å²) in [5, 5.41) is 3.14. The highest BCUT2D eigenvalue weighted by atomic mass is 19.3. The molecule has 114 valence electrons. The van der Waals surface area contributed by atoms with Crippen molar-refractivity contribution in [2.24, 2.45) is 5.92 Å². The van der Waals surface area contributed by atoms with Crippen LogP contribution >= 0.6 is 0 Å². The topological polar surface area (TPSA) is 47.3 Å². The number of nitrogens with one attached hydrogen (secondary N) is 1. The molecule has 1 rings (SSSR count). The van der Waals surface area contributed by atoms with Gasteiger partial charge in [0.1, 0.15) is 0 Å². The van der Waals surface area contributed by atoms with E-state index in [0.29, 0.717) is 11.6 Å². The van der Waals surface area contributed by atoms with Crippen LogP contribution in [-0.4, -0.2) is 12.7 Å². The van der Waals surface area contributed by atoms with E-state index in [1.54, 1.807) is 0 Å². The van der Waals surface area contributed by atoms with Crippen molar-refractivity contribution in [1.29, 1.82) is 0 Å². The van der Waals surface area contributed by atoms with Crippen molar-refractivity contribution in [2.45, 2.75) is 46.3 Å². The zero-order valence-corrected chi connectivity index (χ0v) is 11.9. The Morgan fingerprint density at radius 1 is 1.25 bits per heavy atom. The lowest BCUT2D eigenvalue weighted by Crippen LogP contribution is -2.25. The van der Waals surface area contributed by atoms with Crippen LogP contribution in [0.2, 0.25) is 0 Å². The fourth-order valence-corrected chi connectivity index (χ4v) is 2.24. The molecule has 0 saturated carbocycles. The number of hydrogen-bond donors (Lipinski definition) is 2. The van der Waals surface area contributed by atoms with Gasteiger partial charge in [0, 0.05) is 18.2 Å². The van der Waals surface area contributed by atoms with Crippen molar-refractivity contribution in [3.05, 3.63) is 17.9 Å². The fourth-order valence-electron chi connectivity index (χ4n) is 2.24. The molecule has 0 aliphatic rings. The van der Waals surface area contributed by atoms with Gasteiger partial charge in [-0.3, -0.25) is 0 Å². The van der Waals surface area contributed by atoms with Gasteiger partial charge < -0.3 is 15.8 Å². The van der Waals surface area contributed by atoms with Gasteiger partial charge in [-0.15, -0.1) is 0 Å². The van der Waals surface area contributed by atoms with Crippen molar-refractivity contribution in [3.8, 4) is 5.75 Å². The molecule has 0 radical (unpaired) electrons. The highest BCUT2D eigenvalue weighted by Crippen LogP contribution is 2.30. The first-order valence-corrected chi connectivity index (χ1v) is 6.69. The van der Waals surface area contributed by atoms with E-state index in [9.17, 15) is 13.2 Å². The zero-order valence-electron chi connectivity index (χ0n) is 11.9. The number of nitrogens with two attached hydrogens (primary N) is 1. The van der Waals surface area contributed by atoms with Crippen LogP contribution < -0.4 is 15.8 Å². The van der Waals surface area contributed by atoms with Crippen molar-refractivity contribution >= 4 is 11.4 Å². The molecule has 1 aromatic rings. The van der Waals surface area contributed by atoms with Gasteiger partial charge in [-0.25, -0.2) is 4.39 Å². The van der Waals surface area contributed by atoms with E-state index >= 15 is 0 Å². The smallest absolute Gasteiger partial charge is 0.387 e. The van der Waals surface area contributed by atoms with Crippen LogP contribution in [0.15, 0.2) is 12.1 Å². The second-order valence-corrected chi connectivity index (χ2v) is 4.76. The Bertz CT molecular complexity index is 437. The molecule has 6 heteroatoms. The van der Waals surface area contributed by atoms with E-state index in [1.165, 1.54) is 6.07 Å². The predicted molar refractivity (Wildman–Crippen MR) is 74.6 cm³/mol. The van der Waals surface area contributed by atoms with E-state index < -0.39 is 18.2 Å². The Kier molecular flexibility index (Phi) is 5.98. The summed E-state index contributed by atoms with van der Waals surface area (Å²) in [5.74, 6) is -0.990. The zero-order chi connectivity index (χ0) is 15.3. The fraction of sp³-hybridized carbons (Fsp3) is 0.571. The molecule has 1 aromatic carbocycles. The number of hydrogen-bond acceptors (Lipinski definition) is 3. The Labute approximate surface area is 117 Å². The van der Waals surface area contributed by atoms with Gasteiger partial charge >= 0.3 is 6.61 Å². The van der Waals surface area contributed by atoms with E-state index in [1.807, 2.05) is 6.92 Å². The van der Waals surface area contributed by atoms with Gasteiger partial charge in [-0.2, -0.15) is 8.78 Å². The maximum Gasteiger partial charge on any atom is 0.387 e. The first-order chi connectivity index (χ1) is 9.38. The largest absolute Gasteiger partial charge is 0.432 e. The summed E-state index contributed by atoms with van der Waals surface area (Å²) in [4.78, 5) is 0. The molecule has 0 heterocycles. The minimum absolute atomic E-state index is 0.0946. The second-order valence-electron chi connectivity index (χ2n) is 4.76. The molecule has 0 aromatic heterocycles. The molecule has 0 fully saturated rings. The molecular formula is C14H21F3N2O. The SMILES string of the molecule is CCC(CC)C(C)Nc1cc(OC(F)F)c(F)cc1N. The Morgan fingerprint density at radius 3 is 2.35 bits per heavy atom. The third kappa shape index (κ3) is 4.21. The van der Waals surface area contributed by atoms with E-state index in [4.69, 9.17) is 5.73 Å². The summed E-state index contributed by atoms with van der Waals surface area (Å²) < 4.78 is 42.0. The normalized spacial score (nSPS) is 12.8. The number of rotatable bonds is 7. The molecule has 1 atom stereocenters. The summed E-state index contributed by atoms with van der Waals surface area (Å²) in [6, 6.07) is 2.26. The molecule has 3 N–H and O–H groups in total. The lowest BCUT2D eigenvalue weighted by atomic mass is 9.95. The molecule has 0 aliphatic carbocycles. The average molecular weight is 290 g/mol. The first kappa shape index (κ1) is 16.5. The van der Waals surface area contributed by atoms with E-state index in [-0.39, 0.29) is 11.7 Å². The number of anilines is 2. The summed E-state index contributed by atoms with van der Waals surface area (Å²) in [5.41, 5.74) is 6.28. The quantitative estimate of drug-likeness (QED) is 0.738. The molecule has 1 unspecified atom stereocenters. The number of benzene rings is 1. The van der Waals surface area contributed by atoms with Crippen LogP contribution in [-0.2, 0) is 0 Å². The summed E-state index contributed by atoms with van der Waals surface area (Å²) in [7, 11) is 0. The monoisotopic (exact) mass is 290 g/mol.